The molecule has 3 N–H and O–H groups in total. The Kier molecular flexibility index (Phi) is 4.52. The van der Waals surface area contributed by atoms with Gasteiger partial charge in [-0.3, -0.25) is 9.59 Å². The molecule has 0 bridgehead atoms. The standard InChI is InChI=1S/C17H23N3O3/c18-13-6-5-12(11-13)16(22)19-7-9-20(10-8-19)17(23)14-3-1-2-4-15(14)21/h1-4,12-13,21H,5-11,18H2. The lowest BCUT2D eigenvalue weighted by atomic mass is 10.1. The van der Waals surface area contributed by atoms with Gasteiger partial charge in [-0.1, -0.05) is 12.1 Å². The highest BCUT2D eigenvalue weighted by molar-refractivity contribution is 5.97. The van der Waals surface area contributed by atoms with Crippen LogP contribution in [0.1, 0.15) is 29.6 Å². The third-order valence-corrected chi connectivity index (χ3v) is 4.84. The van der Waals surface area contributed by atoms with Gasteiger partial charge in [-0.25, -0.2) is 0 Å². The van der Waals surface area contributed by atoms with Gasteiger partial charge < -0.3 is 20.6 Å². The van der Waals surface area contributed by atoms with Crippen molar-refractivity contribution in [2.45, 2.75) is 25.3 Å². The third kappa shape index (κ3) is 3.32. The molecule has 2 amide bonds. The molecule has 2 fully saturated rings. The summed E-state index contributed by atoms with van der Waals surface area (Å²) in [5, 5.41) is 9.80. The maximum absolute atomic E-state index is 12.5. The van der Waals surface area contributed by atoms with Crippen molar-refractivity contribution in [3.05, 3.63) is 29.8 Å². The number of phenolic OH excluding ortho intramolecular Hbond substituents is 1. The maximum atomic E-state index is 12.5. The zero-order valence-corrected chi connectivity index (χ0v) is 13.1. The number of benzene rings is 1. The van der Waals surface area contributed by atoms with E-state index in [0.29, 0.717) is 31.7 Å². The van der Waals surface area contributed by atoms with Crippen molar-refractivity contribution in [2.24, 2.45) is 11.7 Å². The second kappa shape index (κ2) is 6.58. The van der Waals surface area contributed by atoms with E-state index in [4.69, 9.17) is 5.73 Å². The van der Waals surface area contributed by atoms with Crippen molar-refractivity contribution in [3.63, 3.8) is 0 Å². The fourth-order valence-electron chi connectivity index (χ4n) is 3.45. The van der Waals surface area contributed by atoms with Crippen LogP contribution in [0.4, 0.5) is 0 Å². The van der Waals surface area contributed by atoms with E-state index < -0.39 is 0 Å². The molecule has 6 heteroatoms. The summed E-state index contributed by atoms with van der Waals surface area (Å²) in [5.74, 6) is 0.0343. The van der Waals surface area contributed by atoms with Crippen LogP contribution in [0.15, 0.2) is 24.3 Å². The number of carbonyl (C=O) groups is 2. The van der Waals surface area contributed by atoms with Crippen molar-refractivity contribution in [3.8, 4) is 5.75 Å². The van der Waals surface area contributed by atoms with E-state index in [0.717, 1.165) is 19.3 Å². The van der Waals surface area contributed by atoms with E-state index in [9.17, 15) is 14.7 Å². The Hall–Kier alpha value is -2.08. The highest BCUT2D eigenvalue weighted by atomic mass is 16.3. The Morgan fingerprint density at radius 2 is 1.70 bits per heavy atom. The summed E-state index contributed by atoms with van der Waals surface area (Å²) in [5.41, 5.74) is 6.20. The van der Waals surface area contributed by atoms with Crippen LogP contribution in [0.2, 0.25) is 0 Å². The number of aromatic hydroxyl groups is 1. The highest BCUT2D eigenvalue weighted by Crippen LogP contribution is 2.26. The van der Waals surface area contributed by atoms with E-state index in [1.54, 1.807) is 23.1 Å². The summed E-state index contributed by atoms with van der Waals surface area (Å²) in [7, 11) is 0. The number of nitrogens with two attached hydrogens (primary N) is 1. The topological polar surface area (TPSA) is 86.9 Å². The SMILES string of the molecule is NC1CCC(C(=O)N2CCN(C(=O)c3ccccc3O)CC2)C1. The Labute approximate surface area is 135 Å². The molecular weight excluding hydrogens is 294 g/mol. The van der Waals surface area contributed by atoms with Gasteiger partial charge in [0.1, 0.15) is 5.75 Å². The summed E-state index contributed by atoms with van der Waals surface area (Å²) in [6, 6.07) is 6.70. The summed E-state index contributed by atoms with van der Waals surface area (Å²) in [4.78, 5) is 28.5. The third-order valence-electron chi connectivity index (χ3n) is 4.84. The molecule has 0 aromatic heterocycles. The molecule has 1 aromatic carbocycles. The van der Waals surface area contributed by atoms with Crippen molar-refractivity contribution in [1.82, 2.24) is 9.80 Å². The lowest BCUT2D eigenvalue weighted by Crippen LogP contribution is -2.51. The fraction of sp³-hybridized carbons (Fsp3) is 0.529. The number of phenols is 1. The van der Waals surface area contributed by atoms with E-state index in [2.05, 4.69) is 0 Å². The van der Waals surface area contributed by atoms with Crippen molar-refractivity contribution >= 4 is 11.8 Å². The summed E-state index contributed by atoms with van der Waals surface area (Å²) in [6.07, 6.45) is 2.56. The smallest absolute Gasteiger partial charge is 0.257 e. The van der Waals surface area contributed by atoms with E-state index in [-0.39, 0.29) is 29.5 Å². The van der Waals surface area contributed by atoms with Gasteiger partial charge in [0.2, 0.25) is 5.91 Å². The van der Waals surface area contributed by atoms with Gasteiger partial charge in [0.05, 0.1) is 5.56 Å². The fourth-order valence-corrected chi connectivity index (χ4v) is 3.45. The Morgan fingerprint density at radius 3 is 2.30 bits per heavy atom. The molecule has 1 saturated carbocycles. The largest absolute Gasteiger partial charge is 0.507 e. The monoisotopic (exact) mass is 317 g/mol. The normalized spacial score (nSPS) is 24.7. The molecule has 23 heavy (non-hydrogen) atoms. The van der Waals surface area contributed by atoms with E-state index in [1.807, 2.05) is 4.90 Å². The molecule has 6 nitrogen and oxygen atoms in total. The van der Waals surface area contributed by atoms with Crippen molar-refractivity contribution in [1.29, 1.82) is 0 Å². The Bertz CT molecular complexity index is 597. The van der Waals surface area contributed by atoms with Crippen LogP contribution in [-0.2, 0) is 4.79 Å². The van der Waals surface area contributed by atoms with E-state index in [1.165, 1.54) is 6.07 Å². The molecular formula is C17H23N3O3. The minimum Gasteiger partial charge on any atom is -0.507 e. The first-order valence-electron chi connectivity index (χ1n) is 8.18. The van der Waals surface area contributed by atoms with Crippen LogP contribution in [0.5, 0.6) is 5.75 Å². The zero-order chi connectivity index (χ0) is 16.4. The Balaban J connectivity index is 1.57. The number of amides is 2. The zero-order valence-electron chi connectivity index (χ0n) is 13.1. The van der Waals surface area contributed by atoms with Crippen LogP contribution in [-0.4, -0.2) is 58.9 Å². The molecule has 124 valence electrons. The second-order valence-corrected chi connectivity index (χ2v) is 6.40. The van der Waals surface area contributed by atoms with Crippen LogP contribution >= 0.6 is 0 Å². The molecule has 1 aliphatic heterocycles. The molecule has 2 unspecified atom stereocenters. The first-order chi connectivity index (χ1) is 11.1. The van der Waals surface area contributed by atoms with Crippen molar-refractivity contribution < 1.29 is 14.7 Å². The number of hydrogen-bond donors (Lipinski definition) is 2. The molecule has 2 aliphatic rings. The second-order valence-electron chi connectivity index (χ2n) is 6.40. The van der Waals surface area contributed by atoms with Crippen LogP contribution in [0.3, 0.4) is 0 Å². The lowest BCUT2D eigenvalue weighted by molar-refractivity contribution is -0.136. The quantitative estimate of drug-likeness (QED) is 0.845. The summed E-state index contributed by atoms with van der Waals surface area (Å²) < 4.78 is 0. The molecule has 0 spiro atoms. The number of para-hydroxylation sites is 1. The summed E-state index contributed by atoms with van der Waals surface area (Å²) in [6.45, 7) is 2.09. The van der Waals surface area contributed by atoms with Gasteiger partial charge in [-0.2, -0.15) is 0 Å². The van der Waals surface area contributed by atoms with Crippen LogP contribution in [0, 0.1) is 5.92 Å². The molecule has 2 atom stereocenters. The first kappa shape index (κ1) is 15.8. The number of nitrogens with zero attached hydrogens (tertiary/aromatic N) is 2. The molecule has 1 saturated heterocycles. The average molecular weight is 317 g/mol. The van der Waals surface area contributed by atoms with Gasteiger partial charge in [-0.05, 0) is 31.4 Å². The van der Waals surface area contributed by atoms with Crippen LogP contribution in [0.25, 0.3) is 0 Å². The van der Waals surface area contributed by atoms with Gasteiger partial charge in [-0.15, -0.1) is 0 Å². The average Bonchev–Trinajstić information content (AvgIpc) is 3.01. The number of hydrogen-bond acceptors (Lipinski definition) is 4. The maximum Gasteiger partial charge on any atom is 0.257 e. The highest BCUT2D eigenvalue weighted by Gasteiger charge is 2.33. The summed E-state index contributed by atoms with van der Waals surface area (Å²) >= 11 is 0. The molecule has 1 aromatic rings. The first-order valence-corrected chi connectivity index (χ1v) is 8.18. The predicted molar refractivity (Wildman–Crippen MR) is 85.9 cm³/mol. The molecule has 3 rings (SSSR count). The lowest BCUT2D eigenvalue weighted by Gasteiger charge is -2.36. The van der Waals surface area contributed by atoms with Gasteiger partial charge in [0.25, 0.3) is 5.91 Å². The number of carbonyl (C=O) groups excluding carboxylic acids is 2. The van der Waals surface area contributed by atoms with Crippen molar-refractivity contribution in [2.75, 3.05) is 26.2 Å². The van der Waals surface area contributed by atoms with Crippen LogP contribution < -0.4 is 5.73 Å². The molecule has 1 aliphatic carbocycles. The van der Waals surface area contributed by atoms with Gasteiger partial charge in [0.15, 0.2) is 0 Å². The minimum atomic E-state index is -0.182. The Morgan fingerprint density at radius 1 is 1.04 bits per heavy atom. The van der Waals surface area contributed by atoms with E-state index >= 15 is 0 Å². The molecule has 1 heterocycles. The number of piperazine rings is 1. The van der Waals surface area contributed by atoms with Gasteiger partial charge in [0, 0.05) is 38.1 Å². The number of rotatable bonds is 2. The van der Waals surface area contributed by atoms with Gasteiger partial charge >= 0.3 is 0 Å². The molecule has 0 radical (unpaired) electrons. The predicted octanol–water partition coefficient (Wildman–Crippen LogP) is 0.804. The minimum absolute atomic E-state index is 0.00375.